The van der Waals surface area contributed by atoms with Crippen LogP contribution in [0.5, 0.6) is 0 Å². The molecule has 1 aromatic heterocycles. The van der Waals surface area contributed by atoms with Crippen LogP contribution in [0.15, 0.2) is 12.5 Å². The summed E-state index contributed by atoms with van der Waals surface area (Å²) >= 11 is 0. The molecule has 1 heterocycles. The third kappa shape index (κ3) is 3.04. The predicted molar refractivity (Wildman–Crippen MR) is 60.3 cm³/mol. The van der Waals surface area contributed by atoms with E-state index >= 15 is 0 Å². The van der Waals surface area contributed by atoms with Crippen LogP contribution in [0.25, 0.3) is 0 Å². The fourth-order valence-electron chi connectivity index (χ4n) is 1.71. The predicted octanol–water partition coefficient (Wildman–Crippen LogP) is 1.31. The van der Waals surface area contributed by atoms with Crippen molar-refractivity contribution in [2.24, 2.45) is 11.7 Å². The first-order valence-electron chi connectivity index (χ1n) is 5.59. The second kappa shape index (κ2) is 5.88. The van der Waals surface area contributed by atoms with E-state index in [1.165, 1.54) is 0 Å². The summed E-state index contributed by atoms with van der Waals surface area (Å²) in [6.45, 7) is 5.29. The number of nitrogens with two attached hydrogens (primary N) is 1. The number of nitrogens with zero attached hydrogens (tertiary/aromatic N) is 2. The smallest absolute Gasteiger partial charge is 0.0948 e. The molecule has 86 valence electrons. The number of aromatic nitrogens is 2. The van der Waals surface area contributed by atoms with Gasteiger partial charge in [0.1, 0.15) is 0 Å². The van der Waals surface area contributed by atoms with Gasteiger partial charge in [-0.15, -0.1) is 0 Å². The van der Waals surface area contributed by atoms with Gasteiger partial charge in [-0.1, -0.05) is 26.7 Å². The summed E-state index contributed by atoms with van der Waals surface area (Å²) < 4.78 is 2.05. The molecule has 0 amide bonds. The van der Waals surface area contributed by atoms with Crippen LogP contribution in [-0.2, 0) is 6.54 Å². The van der Waals surface area contributed by atoms with Gasteiger partial charge in [0.25, 0.3) is 0 Å². The highest BCUT2D eigenvalue weighted by atomic mass is 16.3. The Balaban J connectivity index is 2.72. The van der Waals surface area contributed by atoms with Crippen molar-refractivity contribution in [2.75, 3.05) is 6.61 Å². The van der Waals surface area contributed by atoms with Gasteiger partial charge in [-0.25, -0.2) is 4.98 Å². The van der Waals surface area contributed by atoms with Crippen molar-refractivity contribution in [3.63, 3.8) is 0 Å². The van der Waals surface area contributed by atoms with Gasteiger partial charge in [-0.2, -0.15) is 0 Å². The molecule has 0 radical (unpaired) electrons. The van der Waals surface area contributed by atoms with E-state index in [4.69, 9.17) is 10.8 Å². The van der Waals surface area contributed by atoms with Crippen LogP contribution in [0.2, 0.25) is 0 Å². The van der Waals surface area contributed by atoms with Crippen LogP contribution in [0.4, 0.5) is 0 Å². The van der Waals surface area contributed by atoms with Crippen LogP contribution >= 0.6 is 0 Å². The highest BCUT2D eigenvalue weighted by Gasteiger charge is 2.12. The molecule has 0 bridgehead atoms. The number of hydrogen-bond donors (Lipinski definition) is 2. The molecule has 0 spiro atoms. The molecule has 1 unspecified atom stereocenters. The standard InChI is InChI=1S/C11H21N3O/c1-3-9(4-2)6-14-8-13-5-11(14)10(12)7-15/h5,8-10,15H,3-4,6-7,12H2,1-2H3. The van der Waals surface area contributed by atoms with E-state index in [0.29, 0.717) is 5.92 Å². The average Bonchev–Trinajstić information content (AvgIpc) is 2.72. The van der Waals surface area contributed by atoms with Gasteiger partial charge in [0.15, 0.2) is 0 Å². The number of imidazole rings is 1. The Morgan fingerprint density at radius 2 is 2.13 bits per heavy atom. The summed E-state index contributed by atoms with van der Waals surface area (Å²) in [6, 6.07) is -0.318. The van der Waals surface area contributed by atoms with Crippen molar-refractivity contribution in [2.45, 2.75) is 39.3 Å². The number of hydrogen-bond acceptors (Lipinski definition) is 3. The molecule has 1 rings (SSSR count). The number of rotatable bonds is 6. The van der Waals surface area contributed by atoms with E-state index in [1.807, 2.05) is 0 Å². The normalized spacial score (nSPS) is 13.4. The molecule has 4 nitrogen and oxygen atoms in total. The van der Waals surface area contributed by atoms with Crippen LogP contribution in [0.1, 0.15) is 38.4 Å². The molecule has 3 N–H and O–H groups in total. The Labute approximate surface area is 91.1 Å². The van der Waals surface area contributed by atoms with Gasteiger partial charge in [-0.05, 0) is 5.92 Å². The second-order valence-electron chi connectivity index (χ2n) is 3.94. The van der Waals surface area contributed by atoms with E-state index in [0.717, 1.165) is 25.1 Å². The van der Waals surface area contributed by atoms with Crippen LogP contribution in [-0.4, -0.2) is 21.3 Å². The maximum atomic E-state index is 9.01. The Morgan fingerprint density at radius 3 is 2.67 bits per heavy atom. The third-order valence-corrected chi connectivity index (χ3v) is 2.93. The largest absolute Gasteiger partial charge is 0.394 e. The van der Waals surface area contributed by atoms with Gasteiger partial charge in [-0.3, -0.25) is 0 Å². The van der Waals surface area contributed by atoms with Crippen molar-refractivity contribution in [3.8, 4) is 0 Å². The molecule has 0 saturated heterocycles. The molecule has 1 atom stereocenters. The van der Waals surface area contributed by atoms with Gasteiger partial charge in [0.05, 0.1) is 24.7 Å². The molecule has 0 aliphatic carbocycles. The summed E-state index contributed by atoms with van der Waals surface area (Å²) in [5, 5.41) is 9.01. The van der Waals surface area contributed by atoms with E-state index in [1.54, 1.807) is 12.5 Å². The highest BCUT2D eigenvalue weighted by Crippen LogP contribution is 2.15. The zero-order valence-electron chi connectivity index (χ0n) is 9.56. The lowest BCUT2D eigenvalue weighted by Gasteiger charge is -2.17. The van der Waals surface area contributed by atoms with Gasteiger partial charge in [0.2, 0.25) is 0 Å². The van der Waals surface area contributed by atoms with Gasteiger partial charge < -0.3 is 15.4 Å². The SMILES string of the molecule is CCC(CC)Cn1cncc1C(N)CO. The minimum atomic E-state index is -0.318. The van der Waals surface area contributed by atoms with Crippen molar-refractivity contribution in [1.82, 2.24) is 9.55 Å². The highest BCUT2D eigenvalue weighted by molar-refractivity contribution is 5.04. The van der Waals surface area contributed by atoms with Gasteiger partial charge in [0, 0.05) is 12.7 Å². The minimum Gasteiger partial charge on any atom is -0.394 e. The van der Waals surface area contributed by atoms with Gasteiger partial charge >= 0.3 is 0 Å². The quantitative estimate of drug-likeness (QED) is 0.745. The monoisotopic (exact) mass is 211 g/mol. The summed E-state index contributed by atoms with van der Waals surface area (Å²) in [4.78, 5) is 4.08. The van der Waals surface area contributed by atoms with Crippen LogP contribution in [0, 0.1) is 5.92 Å². The first-order chi connectivity index (χ1) is 7.22. The lowest BCUT2D eigenvalue weighted by molar-refractivity contribution is 0.261. The Hall–Kier alpha value is -0.870. The van der Waals surface area contributed by atoms with Crippen molar-refractivity contribution in [3.05, 3.63) is 18.2 Å². The first kappa shape index (κ1) is 12.2. The maximum Gasteiger partial charge on any atom is 0.0948 e. The number of aliphatic hydroxyl groups is 1. The molecule has 0 saturated carbocycles. The summed E-state index contributed by atoms with van der Waals surface area (Å²) in [5.74, 6) is 0.656. The van der Waals surface area contributed by atoms with E-state index in [9.17, 15) is 0 Å². The third-order valence-electron chi connectivity index (χ3n) is 2.93. The summed E-state index contributed by atoms with van der Waals surface area (Å²) in [5.41, 5.74) is 6.71. The summed E-state index contributed by atoms with van der Waals surface area (Å²) in [7, 11) is 0. The second-order valence-corrected chi connectivity index (χ2v) is 3.94. The van der Waals surface area contributed by atoms with Crippen molar-refractivity contribution < 1.29 is 5.11 Å². The van der Waals surface area contributed by atoms with Crippen LogP contribution < -0.4 is 5.73 Å². The molecule has 4 heteroatoms. The Kier molecular flexibility index (Phi) is 4.78. The minimum absolute atomic E-state index is 0.0331. The molecule has 0 aromatic carbocycles. The first-order valence-corrected chi connectivity index (χ1v) is 5.59. The topological polar surface area (TPSA) is 64.1 Å². The molecule has 15 heavy (non-hydrogen) atoms. The Morgan fingerprint density at radius 1 is 1.47 bits per heavy atom. The van der Waals surface area contributed by atoms with E-state index in [-0.39, 0.29) is 12.6 Å². The zero-order chi connectivity index (χ0) is 11.3. The number of aliphatic hydroxyl groups excluding tert-OH is 1. The molecule has 0 aliphatic heterocycles. The molecular weight excluding hydrogens is 190 g/mol. The fraction of sp³-hybridized carbons (Fsp3) is 0.727. The molecular formula is C11H21N3O. The zero-order valence-corrected chi connectivity index (χ0v) is 9.56. The molecule has 0 aliphatic rings. The van der Waals surface area contributed by atoms with Crippen molar-refractivity contribution >= 4 is 0 Å². The van der Waals surface area contributed by atoms with E-state index < -0.39 is 0 Å². The molecule has 0 fully saturated rings. The van der Waals surface area contributed by atoms with Crippen molar-refractivity contribution in [1.29, 1.82) is 0 Å². The summed E-state index contributed by atoms with van der Waals surface area (Å²) in [6.07, 6.45) is 5.84. The van der Waals surface area contributed by atoms with Crippen LogP contribution in [0.3, 0.4) is 0 Å². The lowest BCUT2D eigenvalue weighted by Crippen LogP contribution is -2.20. The fourth-order valence-corrected chi connectivity index (χ4v) is 1.71. The Bertz CT molecular complexity index is 281. The molecule has 1 aromatic rings. The van der Waals surface area contributed by atoms with E-state index in [2.05, 4.69) is 23.4 Å². The maximum absolute atomic E-state index is 9.01. The lowest BCUT2D eigenvalue weighted by atomic mass is 10.0. The average molecular weight is 211 g/mol.